The number of rotatable bonds is 0. The molecular formula is C9H13Cl2OZr. The van der Waals surface area contributed by atoms with Gasteiger partial charge >= 0.3 is 52.6 Å². The van der Waals surface area contributed by atoms with Crippen LogP contribution in [0.1, 0.15) is 19.3 Å². The molecule has 0 saturated carbocycles. The quantitative estimate of drug-likeness (QED) is 0.446. The van der Waals surface area contributed by atoms with Gasteiger partial charge in [0.15, 0.2) is 0 Å². The summed E-state index contributed by atoms with van der Waals surface area (Å²) in [5, 5.41) is 0. The molecular weight excluding hydrogens is 286 g/mol. The van der Waals surface area contributed by atoms with Crippen molar-refractivity contribution in [1.29, 1.82) is 0 Å². The number of allylic oxidation sites excluding steroid dienone is 4. The summed E-state index contributed by atoms with van der Waals surface area (Å²) in [6, 6.07) is 0. The molecule has 1 nitrogen and oxygen atoms in total. The predicted octanol–water partition coefficient (Wildman–Crippen LogP) is -3.82. The summed E-state index contributed by atoms with van der Waals surface area (Å²) in [4.78, 5) is 0. The van der Waals surface area contributed by atoms with Crippen molar-refractivity contribution < 1.29 is 54.3 Å². The third kappa shape index (κ3) is 9.21. The summed E-state index contributed by atoms with van der Waals surface area (Å²) in [5.74, 6) is 0. The molecule has 13 heavy (non-hydrogen) atoms. The summed E-state index contributed by atoms with van der Waals surface area (Å²) >= 11 is 1.56. The molecule has 1 aliphatic heterocycles. The Balaban J connectivity index is 0. The van der Waals surface area contributed by atoms with Crippen molar-refractivity contribution in [3.8, 4) is 0 Å². The van der Waals surface area contributed by atoms with Crippen LogP contribution >= 0.6 is 0 Å². The van der Waals surface area contributed by atoms with Gasteiger partial charge in [0.05, 0.1) is 0 Å². The van der Waals surface area contributed by atoms with Crippen LogP contribution in [0.3, 0.4) is 0 Å². The number of halogens is 2. The van der Waals surface area contributed by atoms with E-state index in [9.17, 15) is 0 Å². The van der Waals surface area contributed by atoms with E-state index in [2.05, 4.69) is 18.2 Å². The Kier molecular flexibility index (Phi) is 13.8. The molecule has 1 heterocycles. The van der Waals surface area contributed by atoms with E-state index in [-0.39, 0.29) is 24.8 Å². The first-order valence-electron chi connectivity index (χ1n) is 4.04. The molecule has 0 amide bonds. The van der Waals surface area contributed by atoms with Crippen LogP contribution in [0.2, 0.25) is 0 Å². The zero-order valence-corrected chi connectivity index (χ0v) is 11.4. The molecule has 0 N–H and O–H groups in total. The molecule has 0 spiro atoms. The molecule has 73 valence electrons. The van der Waals surface area contributed by atoms with Crippen LogP contribution in [-0.2, 0) is 29.5 Å². The van der Waals surface area contributed by atoms with Gasteiger partial charge in [0.25, 0.3) is 0 Å². The minimum atomic E-state index is 0. The van der Waals surface area contributed by atoms with E-state index in [4.69, 9.17) is 4.74 Å². The van der Waals surface area contributed by atoms with Crippen LogP contribution in [-0.4, -0.2) is 13.2 Å². The average Bonchev–Trinajstić information content (AvgIpc) is 2.57. The molecule has 0 unspecified atom stereocenters. The molecule has 1 fully saturated rings. The van der Waals surface area contributed by atoms with E-state index < -0.39 is 0 Å². The predicted molar refractivity (Wildman–Crippen MR) is 41.9 cm³/mol. The summed E-state index contributed by atoms with van der Waals surface area (Å²) in [6.07, 6.45) is 10.2. The van der Waals surface area contributed by atoms with E-state index in [0.29, 0.717) is 0 Å². The van der Waals surface area contributed by atoms with Gasteiger partial charge in [0.2, 0.25) is 0 Å². The Morgan fingerprint density at radius 3 is 1.92 bits per heavy atom. The Morgan fingerprint density at radius 1 is 1.15 bits per heavy atom. The van der Waals surface area contributed by atoms with E-state index in [1.807, 2.05) is 0 Å². The second kappa shape index (κ2) is 11.0. The maximum atomic E-state index is 4.94. The number of hydrogen-bond donors (Lipinski definition) is 0. The molecule has 0 aromatic carbocycles. The van der Waals surface area contributed by atoms with Crippen molar-refractivity contribution in [3.05, 3.63) is 21.5 Å². The van der Waals surface area contributed by atoms with E-state index in [1.54, 1.807) is 28.0 Å². The van der Waals surface area contributed by atoms with Gasteiger partial charge in [-0.1, -0.05) is 0 Å². The average molecular weight is 299 g/mol. The zero-order chi connectivity index (χ0) is 7.94. The first-order valence-corrected chi connectivity index (χ1v) is 5.27. The Hall–Kier alpha value is 0.903. The van der Waals surface area contributed by atoms with Crippen molar-refractivity contribution >= 4 is 0 Å². The van der Waals surface area contributed by atoms with Crippen molar-refractivity contribution in [1.82, 2.24) is 0 Å². The number of hydrogen-bond acceptors (Lipinski definition) is 1. The molecule has 1 aliphatic carbocycles. The molecule has 0 radical (unpaired) electrons. The van der Waals surface area contributed by atoms with Gasteiger partial charge in [0, 0.05) is 13.2 Å². The fourth-order valence-electron chi connectivity index (χ4n) is 0.958. The molecule has 0 aromatic heterocycles. The maximum absolute atomic E-state index is 4.94. The van der Waals surface area contributed by atoms with Crippen LogP contribution < -0.4 is 24.8 Å². The second-order valence-corrected chi connectivity index (χ2v) is 4.22. The summed E-state index contributed by atoms with van der Waals surface area (Å²) in [6.45, 7) is 2.00. The Morgan fingerprint density at radius 2 is 1.77 bits per heavy atom. The van der Waals surface area contributed by atoms with Gasteiger partial charge in [-0.25, -0.2) is 0 Å². The molecule has 2 rings (SSSR count). The van der Waals surface area contributed by atoms with Crippen molar-refractivity contribution in [3.63, 3.8) is 0 Å². The first kappa shape index (κ1) is 16.3. The molecule has 2 aliphatic rings. The standard InChI is InChI=1S/C5H5.C4H8O.2ClH.Zr/c2*1-2-4-5-3-1;;;/h1-3H,4H2;1-4H2;2*1H;/q;;;;+2/p-2. The van der Waals surface area contributed by atoms with Crippen LogP contribution in [0.15, 0.2) is 21.5 Å². The van der Waals surface area contributed by atoms with Gasteiger partial charge in [0.1, 0.15) is 0 Å². The SMILES string of the molecule is C1CCOC1.[Cl-].[Cl-].[Zr+2][C]1=CC=CC1. The molecule has 0 atom stereocenters. The third-order valence-electron chi connectivity index (χ3n) is 1.60. The first-order chi connectivity index (χ1) is 5.39. The normalized spacial score (nSPS) is 17.8. The van der Waals surface area contributed by atoms with Gasteiger partial charge in [-0.3, -0.25) is 0 Å². The number of ether oxygens (including phenoxy) is 1. The van der Waals surface area contributed by atoms with Crippen LogP contribution in [0.5, 0.6) is 0 Å². The summed E-state index contributed by atoms with van der Waals surface area (Å²) in [7, 11) is 0. The van der Waals surface area contributed by atoms with Crippen molar-refractivity contribution in [2.24, 2.45) is 0 Å². The van der Waals surface area contributed by atoms with Crippen molar-refractivity contribution in [2.45, 2.75) is 19.3 Å². The van der Waals surface area contributed by atoms with Crippen LogP contribution in [0.4, 0.5) is 0 Å². The third-order valence-corrected chi connectivity index (χ3v) is 2.51. The van der Waals surface area contributed by atoms with E-state index in [1.165, 1.54) is 19.3 Å². The van der Waals surface area contributed by atoms with Gasteiger partial charge in [-0.05, 0) is 12.8 Å². The Labute approximate surface area is 108 Å². The van der Waals surface area contributed by atoms with Gasteiger partial charge in [-0.2, -0.15) is 0 Å². The van der Waals surface area contributed by atoms with Crippen LogP contribution in [0, 0.1) is 0 Å². The monoisotopic (exact) mass is 297 g/mol. The summed E-state index contributed by atoms with van der Waals surface area (Å²) < 4.78 is 6.50. The fourth-order valence-corrected chi connectivity index (χ4v) is 1.48. The van der Waals surface area contributed by atoms with E-state index in [0.717, 1.165) is 13.2 Å². The van der Waals surface area contributed by atoms with Gasteiger partial charge < -0.3 is 29.6 Å². The minimum absolute atomic E-state index is 0. The van der Waals surface area contributed by atoms with Gasteiger partial charge in [-0.15, -0.1) is 0 Å². The molecule has 1 saturated heterocycles. The van der Waals surface area contributed by atoms with Crippen molar-refractivity contribution in [2.75, 3.05) is 13.2 Å². The zero-order valence-electron chi connectivity index (χ0n) is 7.43. The van der Waals surface area contributed by atoms with Crippen LogP contribution in [0.25, 0.3) is 0 Å². The van der Waals surface area contributed by atoms with E-state index >= 15 is 0 Å². The Bertz CT molecular complexity index is 157. The fraction of sp³-hybridized carbons (Fsp3) is 0.556. The topological polar surface area (TPSA) is 9.23 Å². The molecule has 0 aromatic rings. The molecule has 4 heteroatoms. The second-order valence-electron chi connectivity index (χ2n) is 2.64. The molecule has 0 bridgehead atoms. The summed E-state index contributed by atoms with van der Waals surface area (Å²) in [5.41, 5.74) is 0.